The highest BCUT2D eigenvalue weighted by atomic mass is 32.1. The fourth-order valence-corrected chi connectivity index (χ4v) is 2.33. The Hall–Kier alpha value is -0.520. The summed E-state index contributed by atoms with van der Waals surface area (Å²) in [6.07, 6.45) is 0.903. The average molecular weight is 199 g/mol. The minimum absolute atomic E-state index is 0.0545. The van der Waals surface area contributed by atoms with Gasteiger partial charge in [0.2, 0.25) is 0 Å². The number of nitrogens with zero attached hydrogens (tertiary/aromatic N) is 2. The van der Waals surface area contributed by atoms with Crippen molar-refractivity contribution in [2.24, 2.45) is 5.41 Å². The third kappa shape index (κ3) is 1.59. The summed E-state index contributed by atoms with van der Waals surface area (Å²) in [7, 11) is 0. The van der Waals surface area contributed by atoms with Gasteiger partial charge < -0.3 is 10.4 Å². The molecule has 1 aliphatic rings. The lowest BCUT2D eigenvalue weighted by atomic mass is 9.79. The molecule has 0 bridgehead atoms. The molecule has 2 heterocycles. The van der Waals surface area contributed by atoms with Crippen LogP contribution in [-0.2, 0) is 6.42 Å². The quantitative estimate of drug-likeness (QED) is 0.718. The van der Waals surface area contributed by atoms with Gasteiger partial charge in [-0.15, -0.1) is 5.10 Å². The first-order chi connectivity index (χ1) is 6.26. The van der Waals surface area contributed by atoms with Crippen molar-refractivity contribution in [1.29, 1.82) is 0 Å². The van der Waals surface area contributed by atoms with Crippen LogP contribution >= 0.6 is 11.5 Å². The number of aromatic nitrogens is 2. The highest BCUT2D eigenvalue weighted by molar-refractivity contribution is 7.05. The third-order valence-corrected chi connectivity index (χ3v) is 3.44. The zero-order valence-corrected chi connectivity index (χ0v) is 8.39. The molecule has 0 spiro atoms. The van der Waals surface area contributed by atoms with Crippen molar-refractivity contribution in [3.63, 3.8) is 0 Å². The molecule has 0 radical (unpaired) electrons. The molecule has 1 fully saturated rings. The Morgan fingerprint density at radius 2 is 2.38 bits per heavy atom. The first-order valence-corrected chi connectivity index (χ1v) is 5.12. The van der Waals surface area contributed by atoms with Crippen LogP contribution in [0.2, 0.25) is 0 Å². The Balaban J connectivity index is 2.08. The van der Waals surface area contributed by atoms with E-state index in [0.717, 1.165) is 25.2 Å². The fraction of sp³-hybridized carbons (Fsp3) is 0.750. The molecule has 1 aromatic heterocycles. The molecule has 0 saturated carbocycles. The molecular formula is C8H13N3OS. The summed E-state index contributed by atoms with van der Waals surface area (Å²) in [6.45, 7) is 4.02. The number of aryl methyl sites for hydroxylation is 1. The van der Waals surface area contributed by atoms with E-state index in [0.29, 0.717) is 0 Å². The van der Waals surface area contributed by atoms with Crippen molar-refractivity contribution >= 4 is 11.5 Å². The second-order valence-corrected chi connectivity index (χ2v) is 4.56. The topological polar surface area (TPSA) is 58.0 Å². The number of rotatable bonds is 3. The molecule has 1 aliphatic heterocycles. The fourth-order valence-electron chi connectivity index (χ4n) is 1.52. The molecule has 72 valence electrons. The normalized spacial score (nSPS) is 19.8. The van der Waals surface area contributed by atoms with E-state index in [1.165, 1.54) is 16.4 Å². The van der Waals surface area contributed by atoms with Crippen molar-refractivity contribution in [2.45, 2.75) is 13.3 Å². The van der Waals surface area contributed by atoms with Crippen LogP contribution in [0.3, 0.4) is 0 Å². The van der Waals surface area contributed by atoms with Crippen LogP contribution in [0.15, 0.2) is 0 Å². The van der Waals surface area contributed by atoms with Crippen LogP contribution in [-0.4, -0.2) is 34.4 Å². The largest absolute Gasteiger partial charge is 0.396 e. The Morgan fingerprint density at radius 3 is 2.77 bits per heavy atom. The van der Waals surface area contributed by atoms with Crippen LogP contribution < -0.4 is 5.32 Å². The van der Waals surface area contributed by atoms with Crippen molar-refractivity contribution in [3.05, 3.63) is 10.6 Å². The predicted octanol–water partition coefficient (Wildman–Crippen LogP) is -0.0291. The molecule has 1 aromatic rings. The Bertz CT molecular complexity index is 290. The Kier molecular flexibility index (Phi) is 2.31. The molecule has 0 aromatic carbocycles. The molecule has 0 aliphatic carbocycles. The van der Waals surface area contributed by atoms with Gasteiger partial charge in [-0.3, -0.25) is 0 Å². The Labute approximate surface area is 81.1 Å². The Morgan fingerprint density at radius 1 is 1.62 bits per heavy atom. The second kappa shape index (κ2) is 3.32. The maximum absolute atomic E-state index is 9.25. The second-order valence-electron chi connectivity index (χ2n) is 3.72. The standard InChI is InChI=1S/C8H13N3OS/c1-6-7(13-11-10-6)2-8(5-12)3-9-4-8/h9,12H,2-5H2,1H3. The van der Waals surface area contributed by atoms with Gasteiger partial charge in [-0.2, -0.15) is 0 Å². The molecule has 2 rings (SSSR count). The van der Waals surface area contributed by atoms with E-state index in [-0.39, 0.29) is 12.0 Å². The smallest absolute Gasteiger partial charge is 0.0756 e. The van der Waals surface area contributed by atoms with E-state index in [1.807, 2.05) is 6.92 Å². The summed E-state index contributed by atoms with van der Waals surface area (Å²) < 4.78 is 3.89. The summed E-state index contributed by atoms with van der Waals surface area (Å²) in [6, 6.07) is 0. The van der Waals surface area contributed by atoms with Crippen LogP contribution in [0, 0.1) is 12.3 Å². The van der Waals surface area contributed by atoms with Gasteiger partial charge in [0.15, 0.2) is 0 Å². The van der Waals surface area contributed by atoms with E-state index in [2.05, 4.69) is 14.9 Å². The minimum Gasteiger partial charge on any atom is -0.396 e. The van der Waals surface area contributed by atoms with Gasteiger partial charge in [-0.05, 0) is 24.9 Å². The zero-order chi connectivity index (χ0) is 9.31. The lowest BCUT2D eigenvalue weighted by Gasteiger charge is -2.40. The molecule has 1 saturated heterocycles. The van der Waals surface area contributed by atoms with Crippen molar-refractivity contribution in [3.8, 4) is 0 Å². The number of hydrogen-bond acceptors (Lipinski definition) is 5. The predicted molar refractivity (Wildman–Crippen MR) is 50.7 cm³/mol. The van der Waals surface area contributed by atoms with Crippen LogP contribution in [0.5, 0.6) is 0 Å². The molecule has 5 heteroatoms. The molecule has 4 nitrogen and oxygen atoms in total. The van der Waals surface area contributed by atoms with E-state index in [1.54, 1.807) is 0 Å². The molecule has 2 N–H and O–H groups in total. The minimum atomic E-state index is 0.0545. The summed E-state index contributed by atoms with van der Waals surface area (Å²) in [5.41, 5.74) is 1.06. The van der Waals surface area contributed by atoms with Gasteiger partial charge in [0, 0.05) is 23.4 Å². The van der Waals surface area contributed by atoms with E-state index >= 15 is 0 Å². The number of hydrogen-bond donors (Lipinski definition) is 2. The van der Waals surface area contributed by atoms with E-state index < -0.39 is 0 Å². The number of aliphatic hydroxyl groups excluding tert-OH is 1. The number of nitrogens with one attached hydrogen (secondary N) is 1. The monoisotopic (exact) mass is 199 g/mol. The molecular weight excluding hydrogens is 186 g/mol. The molecule has 0 unspecified atom stereocenters. The van der Waals surface area contributed by atoms with Crippen LogP contribution in [0.4, 0.5) is 0 Å². The number of aliphatic hydroxyl groups is 1. The highest BCUT2D eigenvalue weighted by Gasteiger charge is 2.37. The first-order valence-electron chi connectivity index (χ1n) is 4.35. The van der Waals surface area contributed by atoms with E-state index in [9.17, 15) is 5.11 Å². The summed E-state index contributed by atoms with van der Waals surface area (Å²) >= 11 is 1.44. The maximum atomic E-state index is 9.25. The lowest BCUT2D eigenvalue weighted by molar-refractivity contribution is 0.0693. The lowest BCUT2D eigenvalue weighted by Crippen LogP contribution is -2.56. The van der Waals surface area contributed by atoms with Crippen LogP contribution in [0.25, 0.3) is 0 Å². The summed E-state index contributed by atoms with van der Waals surface area (Å²) in [5.74, 6) is 0. The van der Waals surface area contributed by atoms with Crippen molar-refractivity contribution < 1.29 is 5.11 Å². The molecule has 0 atom stereocenters. The van der Waals surface area contributed by atoms with Gasteiger partial charge in [-0.25, -0.2) is 0 Å². The van der Waals surface area contributed by atoms with Gasteiger partial charge in [0.05, 0.1) is 12.3 Å². The molecule has 13 heavy (non-hydrogen) atoms. The van der Waals surface area contributed by atoms with Gasteiger partial charge >= 0.3 is 0 Å². The summed E-state index contributed by atoms with van der Waals surface area (Å²) in [4.78, 5) is 1.20. The summed E-state index contributed by atoms with van der Waals surface area (Å²) in [5, 5.41) is 16.4. The SMILES string of the molecule is Cc1nnsc1CC1(CO)CNC1. The zero-order valence-electron chi connectivity index (χ0n) is 7.58. The maximum Gasteiger partial charge on any atom is 0.0756 e. The van der Waals surface area contributed by atoms with Gasteiger partial charge in [0.25, 0.3) is 0 Å². The van der Waals surface area contributed by atoms with E-state index in [4.69, 9.17) is 0 Å². The third-order valence-electron chi connectivity index (χ3n) is 2.62. The highest BCUT2D eigenvalue weighted by Crippen LogP contribution is 2.29. The molecule has 0 amide bonds. The van der Waals surface area contributed by atoms with Crippen molar-refractivity contribution in [1.82, 2.24) is 14.9 Å². The average Bonchev–Trinajstić information content (AvgIpc) is 2.44. The van der Waals surface area contributed by atoms with Crippen molar-refractivity contribution in [2.75, 3.05) is 19.7 Å². The first kappa shape index (κ1) is 9.05. The van der Waals surface area contributed by atoms with Gasteiger partial charge in [-0.1, -0.05) is 4.49 Å². The van der Waals surface area contributed by atoms with Crippen LogP contribution in [0.1, 0.15) is 10.6 Å². The van der Waals surface area contributed by atoms with Gasteiger partial charge in [0.1, 0.15) is 0 Å².